The number of methoxy groups -OCH3 is 1. The SMILES string of the molecule is CCOCCCNC(=NCc1ccc(OC)cc1)NCC1(CCO)CCOC1.I. The van der Waals surface area contributed by atoms with Crippen molar-refractivity contribution in [1.82, 2.24) is 10.6 Å². The fourth-order valence-electron chi connectivity index (χ4n) is 3.18. The van der Waals surface area contributed by atoms with Crippen LogP contribution < -0.4 is 15.4 Å². The molecule has 1 aromatic carbocycles. The molecule has 1 aliphatic heterocycles. The van der Waals surface area contributed by atoms with Gasteiger partial charge in [-0.15, -0.1) is 24.0 Å². The van der Waals surface area contributed by atoms with Crippen LogP contribution in [-0.4, -0.2) is 64.3 Å². The number of nitrogens with one attached hydrogen (secondary N) is 2. The number of halogens is 1. The minimum absolute atomic E-state index is 0. The van der Waals surface area contributed by atoms with E-state index in [1.807, 2.05) is 31.2 Å². The first-order valence-corrected chi connectivity index (χ1v) is 10.1. The van der Waals surface area contributed by atoms with Crippen molar-refractivity contribution in [2.24, 2.45) is 10.4 Å². The van der Waals surface area contributed by atoms with E-state index in [0.29, 0.717) is 13.2 Å². The molecule has 1 heterocycles. The number of hydrogen-bond donors (Lipinski definition) is 3. The van der Waals surface area contributed by atoms with E-state index in [2.05, 4.69) is 10.6 Å². The molecule has 29 heavy (non-hydrogen) atoms. The molecule has 166 valence electrons. The van der Waals surface area contributed by atoms with Crippen LogP contribution in [0.4, 0.5) is 0 Å². The quantitative estimate of drug-likeness (QED) is 0.170. The van der Waals surface area contributed by atoms with Crippen LogP contribution >= 0.6 is 24.0 Å². The summed E-state index contributed by atoms with van der Waals surface area (Å²) in [4.78, 5) is 4.73. The van der Waals surface area contributed by atoms with Crippen molar-refractivity contribution in [3.8, 4) is 5.75 Å². The van der Waals surface area contributed by atoms with Crippen molar-refractivity contribution >= 4 is 29.9 Å². The molecule has 2 rings (SSSR count). The first kappa shape index (κ1) is 25.9. The molecule has 8 heteroatoms. The van der Waals surface area contributed by atoms with Crippen molar-refractivity contribution in [1.29, 1.82) is 0 Å². The van der Waals surface area contributed by atoms with E-state index in [-0.39, 0.29) is 36.0 Å². The van der Waals surface area contributed by atoms with Crippen LogP contribution in [0.1, 0.15) is 31.7 Å². The van der Waals surface area contributed by atoms with Gasteiger partial charge in [-0.1, -0.05) is 12.1 Å². The fraction of sp³-hybridized carbons (Fsp3) is 0.667. The lowest BCUT2D eigenvalue weighted by molar-refractivity contribution is 0.127. The molecule has 0 saturated carbocycles. The van der Waals surface area contributed by atoms with E-state index in [0.717, 1.165) is 69.4 Å². The number of aliphatic hydroxyl groups is 1. The Balaban J connectivity index is 0.00000420. The van der Waals surface area contributed by atoms with E-state index in [4.69, 9.17) is 19.2 Å². The molecule has 0 radical (unpaired) electrons. The molecule has 7 nitrogen and oxygen atoms in total. The van der Waals surface area contributed by atoms with Crippen molar-refractivity contribution in [2.75, 3.05) is 53.2 Å². The smallest absolute Gasteiger partial charge is 0.191 e. The number of rotatable bonds is 12. The largest absolute Gasteiger partial charge is 0.497 e. The van der Waals surface area contributed by atoms with Crippen LogP contribution in [0.5, 0.6) is 5.75 Å². The summed E-state index contributed by atoms with van der Waals surface area (Å²) >= 11 is 0. The number of guanidine groups is 1. The summed E-state index contributed by atoms with van der Waals surface area (Å²) in [6, 6.07) is 7.93. The van der Waals surface area contributed by atoms with Crippen molar-refractivity contribution < 1.29 is 19.3 Å². The lowest BCUT2D eigenvalue weighted by Crippen LogP contribution is -2.45. The molecule has 1 fully saturated rings. The van der Waals surface area contributed by atoms with Crippen molar-refractivity contribution in [2.45, 2.75) is 32.7 Å². The summed E-state index contributed by atoms with van der Waals surface area (Å²) in [6.07, 6.45) is 2.61. The Morgan fingerprint density at radius 2 is 2.07 bits per heavy atom. The zero-order chi connectivity index (χ0) is 20.1. The third-order valence-electron chi connectivity index (χ3n) is 5.00. The van der Waals surface area contributed by atoms with Gasteiger partial charge in [-0.2, -0.15) is 0 Å². The maximum absolute atomic E-state index is 9.42. The highest BCUT2D eigenvalue weighted by atomic mass is 127. The predicted octanol–water partition coefficient (Wildman–Crippen LogP) is 2.56. The Kier molecular flexibility index (Phi) is 13.2. The first-order valence-electron chi connectivity index (χ1n) is 10.1. The van der Waals surface area contributed by atoms with Crippen molar-refractivity contribution in [3.05, 3.63) is 29.8 Å². The highest BCUT2D eigenvalue weighted by Gasteiger charge is 2.34. The molecule has 1 unspecified atom stereocenters. The lowest BCUT2D eigenvalue weighted by Gasteiger charge is -2.27. The molecule has 1 aromatic rings. The minimum Gasteiger partial charge on any atom is -0.497 e. The Morgan fingerprint density at radius 3 is 2.69 bits per heavy atom. The molecule has 0 bridgehead atoms. The highest BCUT2D eigenvalue weighted by molar-refractivity contribution is 14.0. The average molecular weight is 521 g/mol. The second-order valence-electron chi connectivity index (χ2n) is 7.12. The van der Waals surface area contributed by atoms with Crippen LogP contribution in [0.25, 0.3) is 0 Å². The summed E-state index contributed by atoms with van der Waals surface area (Å²) in [6.45, 7) is 7.17. The number of nitrogens with zero attached hydrogens (tertiary/aromatic N) is 1. The van der Waals surface area contributed by atoms with Gasteiger partial charge >= 0.3 is 0 Å². The van der Waals surface area contributed by atoms with Crippen LogP contribution in [0.15, 0.2) is 29.3 Å². The van der Waals surface area contributed by atoms with Crippen LogP contribution in [0, 0.1) is 5.41 Å². The molecule has 1 saturated heterocycles. The van der Waals surface area contributed by atoms with Gasteiger partial charge in [0.15, 0.2) is 5.96 Å². The molecule has 3 N–H and O–H groups in total. The van der Waals surface area contributed by atoms with E-state index in [1.54, 1.807) is 7.11 Å². The third-order valence-corrected chi connectivity index (χ3v) is 5.00. The Bertz CT molecular complexity index is 578. The summed E-state index contributed by atoms with van der Waals surface area (Å²) in [5.74, 6) is 1.61. The van der Waals surface area contributed by atoms with E-state index in [1.165, 1.54) is 0 Å². The van der Waals surface area contributed by atoms with Crippen LogP contribution in [-0.2, 0) is 16.0 Å². The Morgan fingerprint density at radius 1 is 1.28 bits per heavy atom. The molecule has 0 aromatic heterocycles. The molecule has 0 amide bonds. The molecule has 1 aliphatic rings. The van der Waals surface area contributed by atoms with E-state index >= 15 is 0 Å². The second kappa shape index (κ2) is 14.8. The number of hydrogen-bond acceptors (Lipinski definition) is 5. The van der Waals surface area contributed by atoms with Crippen LogP contribution in [0.3, 0.4) is 0 Å². The van der Waals surface area contributed by atoms with Gasteiger partial charge in [0.2, 0.25) is 0 Å². The number of aliphatic hydroxyl groups excluding tert-OH is 1. The minimum atomic E-state index is -0.0252. The maximum Gasteiger partial charge on any atom is 0.191 e. The van der Waals surface area contributed by atoms with Gasteiger partial charge in [-0.25, -0.2) is 4.99 Å². The summed E-state index contributed by atoms with van der Waals surface area (Å²) in [5.41, 5.74) is 1.09. The Labute approximate surface area is 191 Å². The standard InChI is InChI=1S/C21H35N3O4.HI/c1-3-27-13-4-11-22-20(23-15-18-5-7-19(26-2)8-6-18)24-16-21(9-12-25)10-14-28-17-21;/h5-8,25H,3-4,9-17H2,1-2H3,(H2,22,23,24);1H. The molecule has 0 spiro atoms. The van der Waals surface area contributed by atoms with Crippen LogP contribution in [0.2, 0.25) is 0 Å². The summed E-state index contributed by atoms with van der Waals surface area (Å²) in [5, 5.41) is 16.3. The Hall–Kier alpha value is -1.10. The lowest BCUT2D eigenvalue weighted by atomic mass is 9.84. The number of aliphatic imine (C=N–C) groups is 1. The molecule has 1 atom stereocenters. The van der Waals surface area contributed by atoms with E-state index < -0.39 is 0 Å². The van der Waals surface area contributed by atoms with Gasteiger partial charge in [0.25, 0.3) is 0 Å². The number of ether oxygens (including phenoxy) is 3. The molecule has 0 aliphatic carbocycles. The summed E-state index contributed by atoms with van der Waals surface area (Å²) in [7, 11) is 1.66. The highest BCUT2D eigenvalue weighted by Crippen LogP contribution is 2.31. The third kappa shape index (κ3) is 9.50. The van der Waals surface area contributed by atoms with Gasteiger partial charge in [-0.3, -0.25) is 0 Å². The molecular weight excluding hydrogens is 485 g/mol. The van der Waals surface area contributed by atoms with Gasteiger partial charge in [0.05, 0.1) is 20.3 Å². The van der Waals surface area contributed by atoms with Gasteiger partial charge in [0.1, 0.15) is 5.75 Å². The number of benzene rings is 1. The first-order chi connectivity index (χ1) is 13.7. The maximum atomic E-state index is 9.42. The summed E-state index contributed by atoms with van der Waals surface area (Å²) < 4.78 is 16.2. The fourth-order valence-corrected chi connectivity index (χ4v) is 3.18. The second-order valence-corrected chi connectivity index (χ2v) is 7.12. The topological polar surface area (TPSA) is 84.3 Å². The van der Waals surface area contributed by atoms with E-state index in [9.17, 15) is 5.11 Å². The molecular formula is C21H36IN3O4. The van der Waals surface area contributed by atoms with Crippen molar-refractivity contribution in [3.63, 3.8) is 0 Å². The predicted molar refractivity (Wildman–Crippen MR) is 126 cm³/mol. The monoisotopic (exact) mass is 521 g/mol. The zero-order valence-corrected chi connectivity index (χ0v) is 19.9. The average Bonchev–Trinajstić information content (AvgIpc) is 3.18. The zero-order valence-electron chi connectivity index (χ0n) is 17.6. The van der Waals surface area contributed by atoms with Gasteiger partial charge in [-0.05, 0) is 43.9 Å². The normalized spacial score (nSPS) is 18.9. The van der Waals surface area contributed by atoms with Gasteiger partial charge < -0.3 is 30.0 Å². The van der Waals surface area contributed by atoms with Gasteiger partial charge in [0, 0.05) is 44.9 Å².